The van der Waals surface area contributed by atoms with E-state index in [0.717, 1.165) is 0 Å². The van der Waals surface area contributed by atoms with E-state index in [0.29, 0.717) is 6.61 Å². The first-order valence-electron chi connectivity index (χ1n) is 5.78. The highest BCUT2D eigenvalue weighted by molar-refractivity contribution is 6.07. The minimum Gasteiger partial charge on any atom is -0.380 e. The zero-order valence-corrected chi connectivity index (χ0v) is 9.81. The number of hydrogen-bond acceptors (Lipinski definition) is 1. The first kappa shape index (κ1) is 10.3. The number of rotatable bonds is 2. The van der Waals surface area contributed by atoms with Gasteiger partial charge in [0.15, 0.2) is 0 Å². The lowest BCUT2D eigenvalue weighted by molar-refractivity contribution is 0.185. The first-order chi connectivity index (χ1) is 8.38. The molecule has 0 radical (unpaired) electrons. The summed E-state index contributed by atoms with van der Waals surface area (Å²) in [4.78, 5) is 0. The molecular formula is C16H14O. The molecule has 3 rings (SSSR count). The van der Waals surface area contributed by atoms with Crippen molar-refractivity contribution in [2.75, 3.05) is 7.11 Å². The Labute approximate surface area is 101 Å². The van der Waals surface area contributed by atoms with Gasteiger partial charge in [0.2, 0.25) is 0 Å². The number of ether oxygens (including phenoxy) is 1. The maximum absolute atomic E-state index is 5.16. The van der Waals surface area contributed by atoms with Crippen molar-refractivity contribution in [2.24, 2.45) is 0 Å². The molecule has 0 aliphatic heterocycles. The van der Waals surface area contributed by atoms with Crippen LogP contribution in [0, 0.1) is 0 Å². The van der Waals surface area contributed by atoms with Crippen molar-refractivity contribution in [3.8, 4) is 0 Å². The highest BCUT2D eigenvalue weighted by atomic mass is 16.5. The maximum atomic E-state index is 5.16. The summed E-state index contributed by atoms with van der Waals surface area (Å²) in [6.07, 6.45) is 0. The molecule has 17 heavy (non-hydrogen) atoms. The number of methoxy groups -OCH3 is 1. The summed E-state index contributed by atoms with van der Waals surface area (Å²) in [5.74, 6) is 0. The fraction of sp³-hybridized carbons (Fsp3) is 0.125. The van der Waals surface area contributed by atoms with Gasteiger partial charge < -0.3 is 4.74 Å². The van der Waals surface area contributed by atoms with Gasteiger partial charge in [-0.15, -0.1) is 0 Å². The average Bonchev–Trinajstić information content (AvgIpc) is 2.39. The molecule has 0 saturated heterocycles. The molecule has 0 bridgehead atoms. The molecule has 0 amide bonds. The number of fused-ring (bicyclic) bond motifs is 3. The monoisotopic (exact) mass is 222 g/mol. The van der Waals surface area contributed by atoms with E-state index >= 15 is 0 Å². The molecule has 3 aromatic carbocycles. The van der Waals surface area contributed by atoms with Crippen molar-refractivity contribution < 1.29 is 4.74 Å². The number of benzene rings is 3. The Kier molecular flexibility index (Phi) is 2.54. The second-order valence-corrected chi connectivity index (χ2v) is 4.28. The Morgan fingerprint density at radius 1 is 0.824 bits per heavy atom. The normalized spacial score (nSPS) is 11.1. The van der Waals surface area contributed by atoms with E-state index in [9.17, 15) is 0 Å². The lowest BCUT2D eigenvalue weighted by Gasteiger charge is -2.06. The molecule has 0 aromatic heterocycles. The summed E-state index contributed by atoms with van der Waals surface area (Å²) in [5.41, 5.74) is 1.22. The highest BCUT2D eigenvalue weighted by Gasteiger charge is 2.00. The molecule has 0 atom stereocenters. The Morgan fingerprint density at radius 3 is 2.47 bits per heavy atom. The van der Waals surface area contributed by atoms with Gasteiger partial charge >= 0.3 is 0 Å². The van der Waals surface area contributed by atoms with Gasteiger partial charge in [-0.25, -0.2) is 0 Å². The molecule has 0 fully saturated rings. The van der Waals surface area contributed by atoms with Gasteiger partial charge in [-0.05, 0) is 33.2 Å². The minimum atomic E-state index is 0.669. The van der Waals surface area contributed by atoms with Crippen molar-refractivity contribution in [1.82, 2.24) is 0 Å². The van der Waals surface area contributed by atoms with E-state index in [1.165, 1.54) is 27.1 Å². The van der Waals surface area contributed by atoms with E-state index in [1.807, 2.05) is 0 Å². The van der Waals surface area contributed by atoms with Crippen LogP contribution < -0.4 is 0 Å². The van der Waals surface area contributed by atoms with Crippen LogP contribution in [0.25, 0.3) is 21.5 Å². The molecule has 3 aromatic rings. The fourth-order valence-corrected chi connectivity index (χ4v) is 2.32. The van der Waals surface area contributed by atoms with Crippen molar-refractivity contribution in [3.05, 3.63) is 60.2 Å². The lowest BCUT2D eigenvalue weighted by atomic mass is 10.0. The maximum Gasteiger partial charge on any atom is 0.0713 e. The van der Waals surface area contributed by atoms with Crippen molar-refractivity contribution in [3.63, 3.8) is 0 Å². The van der Waals surface area contributed by atoms with Crippen molar-refractivity contribution in [2.45, 2.75) is 6.61 Å². The third kappa shape index (κ3) is 1.79. The zero-order chi connectivity index (χ0) is 11.7. The predicted octanol–water partition coefficient (Wildman–Crippen LogP) is 4.14. The minimum absolute atomic E-state index is 0.669. The van der Waals surface area contributed by atoms with Crippen molar-refractivity contribution >= 4 is 21.5 Å². The molecule has 0 heterocycles. The zero-order valence-electron chi connectivity index (χ0n) is 9.81. The van der Waals surface area contributed by atoms with Crippen LogP contribution in [0.2, 0.25) is 0 Å². The van der Waals surface area contributed by atoms with E-state index in [2.05, 4.69) is 54.6 Å². The number of hydrogen-bond donors (Lipinski definition) is 0. The standard InChI is InChI=1S/C16H14O/c1-17-11-12-6-9-16-14(10-12)8-7-13-4-2-3-5-15(13)16/h2-10H,11H2,1H3. The molecule has 0 aliphatic carbocycles. The summed E-state index contributed by atoms with van der Waals surface area (Å²) in [6, 6.07) is 19.4. The van der Waals surface area contributed by atoms with Crippen LogP contribution >= 0.6 is 0 Å². The molecular weight excluding hydrogens is 208 g/mol. The lowest BCUT2D eigenvalue weighted by Crippen LogP contribution is -1.87. The van der Waals surface area contributed by atoms with Crippen LogP contribution in [-0.4, -0.2) is 7.11 Å². The van der Waals surface area contributed by atoms with E-state index in [1.54, 1.807) is 7.11 Å². The summed E-state index contributed by atoms with van der Waals surface area (Å²) < 4.78 is 5.16. The van der Waals surface area contributed by atoms with Crippen molar-refractivity contribution in [1.29, 1.82) is 0 Å². The molecule has 0 aliphatic rings. The molecule has 84 valence electrons. The third-order valence-corrected chi connectivity index (χ3v) is 3.12. The van der Waals surface area contributed by atoms with Gasteiger partial charge in [-0.1, -0.05) is 48.5 Å². The second-order valence-electron chi connectivity index (χ2n) is 4.28. The Morgan fingerprint density at radius 2 is 1.59 bits per heavy atom. The van der Waals surface area contributed by atoms with Gasteiger partial charge in [-0.2, -0.15) is 0 Å². The molecule has 0 N–H and O–H groups in total. The van der Waals surface area contributed by atoms with E-state index < -0.39 is 0 Å². The van der Waals surface area contributed by atoms with Crippen LogP contribution in [0.5, 0.6) is 0 Å². The fourth-order valence-electron chi connectivity index (χ4n) is 2.32. The topological polar surface area (TPSA) is 9.23 Å². The van der Waals surface area contributed by atoms with Gasteiger partial charge in [-0.3, -0.25) is 0 Å². The Bertz CT molecular complexity index is 670. The van der Waals surface area contributed by atoms with Gasteiger partial charge in [0.1, 0.15) is 0 Å². The van der Waals surface area contributed by atoms with Gasteiger partial charge in [0.05, 0.1) is 6.61 Å². The Hall–Kier alpha value is -1.86. The summed E-state index contributed by atoms with van der Waals surface area (Å²) in [6.45, 7) is 0.669. The smallest absolute Gasteiger partial charge is 0.0713 e. The van der Waals surface area contributed by atoms with Gasteiger partial charge in [0, 0.05) is 7.11 Å². The molecule has 0 saturated carbocycles. The SMILES string of the molecule is COCc1ccc2c(ccc3ccccc32)c1. The van der Waals surface area contributed by atoms with E-state index in [-0.39, 0.29) is 0 Å². The predicted molar refractivity (Wildman–Crippen MR) is 72.2 cm³/mol. The summed E-state index contributed by atoms with van der Waals surface area (Å²) >= 11 is 0. The average molecular weight is 222 g/mol. The summed E-state index contributed by atoms with van der Waals surface area (Å²) in [5, 5.41) is 5.19. The Balaban J connectivity index is 2.29. The third-order valence-electron chi connectivity index (χ3n) is 3.12. The second kappa shape index (κ2) is 4.19. The summed E-state index contributed by atoms with van der Waals surface area (Å²) in [7, 11) is 1.73. The van der Waals surface area contributed by atoms with Crippen LogP contribution in [-0.2, 0) is 11.3 Å². The van der Waals surface area contributed by atoms with Gasteiger partial charge in [0.25, 0.3) is 0 Å². The van der Waals surface area contributed by atoms with Crippen LogP contribution in [0.15, 0.2) is 54.6 Å². The highest BCUT2D eigenvalue weighted by Crippen LogP contribution is 2.26. The molecule has 1 heteroatoms. The van der Waals surface area contributed by atoms with E-state index in [4.69, 9.17) is 4.74 Å². The van der Waals surface area contributed by atoms with Crippen LogP contribution in [0.3, 0.4) is 0 Å². The largest absolute Gasteiger partial charge is 0.380 e. The van der Waals surface area contributed by atoms with Crippen LogP contribution in [0.4, 0.5) is 0 Å². The first-order valence-corrected chi connectivity index (χ1v) is 5.78. The quantitative estimate of drug-likeness (QED) is 0.592. The molecule has 0 spiro atoms. The van der Waals surface area contributed by atoms with Crippen LogP contribution in [0.1, 0.15) is 5.56 Å². The molecule has 1 nitrogen and oxygen atoms in total. The molecule has 0 unspecified atom stereocenters.